The van der Waals surface area contributed by atoms with Gasteiger partial charge in [-0.15, -0.1) is 0 Å². The first-order valence-electron chi connectivity index (χ1n) is 4.67. The van der Waals surface area contributed by atoms with Crippen LogP contribution in [0.2, 0.25) is 0 Å². The summed E-state index contributed by atoms with van der Waals surface area (Å²) in [7, 11) is 0. The highest BCUT2D eigenvalue weighted by atomic mass is 16.5. The number of hydrogen-bond donors (Lipinski definition) is 1. The van der Waals surface area contributed by atoms with E-state index in [-0.39, 0.29) is 0 Å². The number of benzene rings is 1. The van der Waals surface area contributed by atoms with E-state index in [1.54, 1.807) is 0 Å². The van der Waals surface area contributed by atoms with Crippen LogP contribution in [0.25, 0.3) is 0 Å². The van der Waals surface area contributed by atoms with Gasteiger partial charge in [-0.05, 0) is 24.5 Å². The normalized spacial score (nSPS) is 10.4. The summed E-state index contributed by atoms with van der Waals surface area (Å²) < 4.78 is 5.52. The quantitative estimate of drug-likeness (QED) is 0.721. The molecule has 13 heavy (non-hydrogen) atoms. The van der Waals surface area contributed by atoms with Crippen molar-refractivity contribution in [3.8, 4) is 5.75 Å². The van der Waals surface area contributed by atoms with Gasteiger partial charge in [0, 0.05) is 11.8 Å². The fourth-order valence-corrected chi connectivity index (χ4v) is 1.02. The number of hydrogen-bond acceptors (Lipinski definition) is 2. The number of ether oxygens (including phenoxy) is 1. The second-order valence-corrected chi connectivity index (χ2v) is 3.60. The molecule has 0 heterocycles. The second kappa shape index (κ2) is 4.75. The SMILES string of the molecule is CC(C)CCOc1cccc(N)c1. The minimum absolute atomic E-state index is 0.682. The lowest BCUT2D eigenvalue weighted by atomic mass is 10.1. The first-order valence-corrected chi connectivity index (χ1v) is 4.67. The maximum Gasteiger partial charge on any atom is 0.121 e. The highest BCUT2D eigenvalue weighted by molar-refractivity contribution is 5.43. The van der Waals surface area contributed by atoms with E-state index in [1.807, 2.05) is 24.3 Å². The van der Waals surface area contributed by atoms with E-state index in [9.17, 15) is 0 Å². The highest BCUT2D eigenvalue weighted by Gasteiger charge is 1.96. The van der Waals surface area contributed by atoms with Crippen molar-refractivity contribution in [1.82, 2.24) is 0 Å². The fourth-order valence-electron chi connectivity index (χ4n) is 1.02. The second-order valence-electron chi connectivity index (χ2n) is 3.60. The van der Waals surface area contributed by atoms with Gasteiger partial charge in [-0.3, -0.25) is 0 Å². The van der Waals surface area contributed by atoms with Crippen LogP contribution in [0, 0.1) is 5.92 Å². The zero-order chi connectivity index (χ0) is 9.68. The number of anilines is 1. The topological polar surface area (TPSA) is 35.2 Å². The molecule has 0 aliphatic heterocycles. The molecule has 1 aromatic carbocycles. The Balaban J connectivity index is 2.37. The monoisotopic (exact) mass is 179 g/mol. The van der Waals surface area contributed by atoms with Crippen LogP contribution < -0.4 is 10.5 Å². The lowest BCUT2D eigenvalue weighted by Crippen LogP contribution is -2.01. The van der Waals surface area contributed by atoms with Gasteiger partial charge in [-0.1, -0.05) is 19.9 Å². The van der Waals surface area contributed by atoms with Gasteiger partial charge in [0.05, 0.1) is 6.61 Å². The molecule has 0 radical (unpaired) electrons. The predicted molar refractivity (Wildman–Crippen MR) is 55.8 cm³/mol. The summed E-state index contributed by atoms with van der Waals surface area (Å²) in [6, 6.07) is 7.53. The van der Waals surface area contributed by atoms with Crippen LogP contribution in [0.1, 0.15) is 20.3 Å². The molecule has 0 aromatic heterocycles. The van der Waals surface area contributed by atoms with Gasteiger partial charge >= 0.3 is 0 Å². The largest absolute Gasteiger partial charge is 0.494 e. The number of nitrogen functional groups attached to an aromatic ring is 1. The smallest absolute Gasteiger partial charge is 0.121 e. The van der Waals surface area contributed by atoms with E-state index in [4.69, 9.17) is 10.5 Å². The Kier molecular flexibility index (Phi) is 3.62. The van der Waals surface area contributed by atoms with Gasteiger partial charge in [-0.25, -0.2) is 0 Å². The lowest BCUT2D eigenvalue weighted by Gasteiger charge is -2.07. The van der Waals surface area contributed by atoms with Crippen molar-refractivity contribution in [3.05, 3.63) is 24.3 Å². The zero-order valence-electron chi connectivity index (χ0n) is 8.29. The van der Waals surface area contributed by atoms with Crippen molar-refractivity contribution in [2.24, 2.45) is 5.92 Å². The van der Waals surface area contributed by atoms with Crippen LogP contribution in [0.5, 0.6) is 5.75 Å². The minimum Gasteiger partial charge on any atom is -0.494 e. The maximum absolute atomic E-state index is 5.61. The van der Waals surface area contributed by atoms with Gasteiger partial charge in [-0.2, -0.15) is 0 Å². The molecule has 72 valence electrons. The summed E-state index contributed by atoms with van der Waals surface area (Å²) in [5.74, 6) is 1.54. The van der Waals surface area contributed by atoms with Crippen LogP contribution in [-0.2, 0) is 0 Å². The average molecular weight is 179 g/mol. The van der Waals surface area contributed by atoms with Crippen LogP contribution in [0.3, 0.4) is 0 Å². The third-order valence-electron chi connectivity index (χ3n) is 1.82. The van der Waals surface area contributed by atoms with E-state index < -0.39 is 0 Å². The number of nitrogens with two attached hydrogens (primary N) is 1. The van der Waals surface area contributed by atoms with Gasteiger partial charge in [0.15, 0.2) is 0 Å². The fraction of sp³-hybridized carbons (Fsp3) is 0.455. The molecule has 0 fully saturated rings. The maximum atomic E-state index is 5.61. The lowest BCUT2D eigenvalue weighted by molar-refractivity contribution is 0.289. The Labute approximate surface area is 79.7 Å². The summed E-state index contributed by atoms with van der Waals surface area (Å²) in [4.78, 5) is 0. The standard InChI is InChI=1S/C11H17NO/c1-9(2)6-7-13-11-5-3-4-10(12)8-11/h3-5,8-9H,6-7,12H2,1-2H3. The third kappa shape index (κ3) is 3.83. The first-order chi connectivity index (χ1) is 6.18. The molecule has 0 unspecified atom stereocenters. The van der Waals surface area contributed by atoms with Crippen molar-refractivity contribution < 1.29 is 4.74 Å². The summed E-state index contributed by atoms with van der Waals surface area (Å²) in [6.45, 7) is 5.13. The van der Waals surface area contributed by atoms with Crippen molar-refractivity contribution >= 4 is 5.69 Å². The molecular formula is C11H17NO. The first kappa shape index (κ1) is 9.90. The van der Waals surface area contributed by atoms with Crippen LogP contribution in [0.15, 0.2) is 24.3 Å². The van der Waals surface area contributed by atoms with Crippen molar-refractivity contribution in [1.29, 1.82) is 0 Å². The Morgan fingerprint density at radius 2 is 2.15 bits per heavy atom. The molecule has 0 spiro atoms. The molecule has 0 aliphatic rings. The van der Waals surface area contributed by atoms with Crippen LogP contribution in [0.4, 0.5) is 5.69 Å². The molecule has 0 saturated carbocycles. The summed E-state index contributed by atoms with van der Waals surface area (Å²) in [5, 5.41) is 0. The van der Waals surface area contributed by atoms with Gasteiger partial charge in [0.2, 0.25) is 0 Å². The summed E-state index contributed by atoms with van der Waals surface area (Å²) in [5.41, 5.74) is 6.36. The van der Waals surface area contributed by atoms with Crippen molar-refractivity contribution in [2.75, 3.05) is 12.3 Å². The minimum atomic E-state index is 0.682. The van der Waals surface area contributed by atoms with E-state index in [0.29, 0.717) is 5.92 Å². The summed E-state index contributed by atoms with van der Waals surface area (Å²) in [6.07, 6.45) is 1.08. The van der Waals surface area contributed by atoms with Gasteiger partial charge in [0.25, 0.3) is 0 Å². The Morgan fingerprint density at radius 3 is 2.77 bits per heavy atom. The van der Waals surface area contributed by atoms with E-state index in [0.717, 1.165) is 24.5 Å². The van der Waals surface area contributed by atoms with Crippen molar-refractivity contribution in [2.45, 2.75) is 20.3 Å². The molecule has 0 saturated heterocycles. The Hall–Kier alpha value is -1.18. The van der Waals surface area contributed by atoms with Crippen LogP contribution >= 0.6 is 0 Å². The molecule has 0 amide bonds. The van der Waals surface area contributed by atoms with E-state index in [2.05, 4.69) is 13.8 Å². The van der Waals surface area contributed by atoms with E-state index in [1.165, 1.54) is 0 Å². The Bertz CT molecular complexity index is 258. The van der Waals surface area contributed by atoms with Crippen molar-refractivity contribution in [3.63, 3.8) is 0 Å². The molecule has 2 heteroatoms. The molecule has 1 rings (SSSR count). The highest BCUT2D eigenvalue weighted by Crippen LogP contribution is 2.15. The molecular weight excluding hydrogens is 162 g/mol. The Morgan fingerprint density at radius 1 is 1.38 bits per heavy atom. The predicted octanol–water partition coefficient (Wildman–Crippen LogP) is 2.69. The van der Waals surface area contributed by atoms with Gasteiger partial charge in [0.1, 0.15) is 5.75 Å². The van der Waals surface area contributed by atoms with Gasteiger partial charge < -0.3 is 10.5 Å². The summed E-state index contributed by atoms with van der Waals surface area (Å²) >= 11 is 0. The number of rotatable bonds is 4. The molecule has 2 nitrogen and oxygen atoms in total. The molecule has 1 aromatic rings. The molecule has 2 N–H and O–H groups in total. The average Bonchev–Trinajstić information content (AvgIpc) is 2.03. The molecule has 0 atom stereocenters. The molecule has 0 bridgehead atoms. The molecule has 0 aliphatic carbocycles. The van der Waals surface area contributed by atoms with Crippen LogP contribution in [-0.4, -0.2) is 6.61 Å². The zero-order valence-corrected chi connectivity index (χ0v) is 8.29. The third-order valence-corrected chi connectivity index (χ3v) is 1.82. The van der Waals surface area contributed by atoms with E-state index >= 15 is 0 Å².